The standard InChI is InChI=1S/C22H25N3O3/c1-14-7-5-6-8-16(14)23-21(26)25-17(12-20(24-25)22(2,3)4)15-9-10-18-19(11-15)28-13-27-18/h5-11,17H,12-13H2,1-4H3,(H,23,26). The van der Waals surface area contributed by atoms with Crippen molar-refractivity contribution < 1.29 is 14.3 Å². The molecular formula is C22H25N3O3. The fourth-order valence-electron chi connectivity index (χ4n) is 3.42. The lowest BCUT2D eigenvalue weighted by Gasteiger charge is -2.23. The number of carbonyl (C=O) groups is 1. The van der Waals surface area contributed by atoms with E-state index in [0.29, 0.717) is 12.2 Å². The Morgan fingerprint density at radius 1 is 1.14 bits per heavy atom. The number of rotatable bonds is 2. The van der Waals surface area contributed by atoms with E-state index in [-0.39, 0.29) is 24.3 Å². The summed E-state index contributed by atoms with van der Waals surface area (Å²) < 4.78 is 10.9. The Balaban J connectivity index is 1.65. The number of ether oxygens (including phenoxy) is 2. The number of hydrogen-bond acceptors (Lipinski definition) is 4. The summed E-state index contributed by atoms with van der Waals surface area (Å²) in [5.41, 5.74) is 3.65. The number of aryl methyl sites for hydroxylation is 1. The zero-order valence-electron chi connectivity index (χ0n) is 16.7. The van der Waals surface area contributed by atoms with Gasteiger partial charge in [0.1, 0.15) is 0 Å². The van der Waals surface area contributed by atoms with Gasteiger partial charge >= 0.3 is 6.03 Å². The number of benzene rings is 2. The highest BCUT2D eigenvalue weighted by molar-refractivity contribution is 5.97. The van der Waals surface area contributed by atoms with Crippen molar-refractivity contribution in [1.82, 2.24) is 5.01 Å². The van der Waals surface area contributed by atoms with Crippen LogP contribution in [-0.4, -0.2) is 23.5 Å². The van der Waals surface area contributed by atoms with Crippen molar-refractivity contribution in [1.29, 1.82) is 0 Å². The van der Waals surface area contributed by atoms with Gasteiger partial charge in [0.2, 0.25) is 6.79 Å². The molecule has 6 heteroatoms. The van der Waals surface area contributed by atoms with Gasteiger partial charge in [-0.1, -0.05) is 45.0 Å². The average molecular weight is 379 g/mol. The maximum Gasteiger partial charge on any atom is 0.342 e. The third kappa shape index (κ3) is 3.42. The van der Waals surface area contributed by atoms with Gasteiger partial charge in [-0.25, -0.2) is 9.80 Å². The summed E-state index contributed by atoms with van der Waals surface area (Å²) in [6.07, 6.45) is 0.685. The summed E-state index contributed by atoms with van der Waals surface area (Å²) in [6.45, 7) is 8.55. The number of urea groups is 1. The Kier molecular flexibility index (Phi) is 4.49. The van der Waals surface area contributed by atoms with E-state index >= 15 is 0 Å². The number of anilines is 1. The van der Waals surface area contributed by atoms with E-state index in [0.717, 1.165) is 28.3 Å². The minimum absolute atomic E-state index is 0.119. The van der Waals surface area contributed by atoms with Gasteiger partial charge in [0.15, 0.2) is 11.5 Å². The second-order valence-electron chi connectivity index (χ2n) is 8.22. The summed E-state index contributed by atoms with van der Waals surface area (Å²) in [5.74, 6) is 1.44. The van der Waals surface area contributed by atoms with E-state index in [1.54, 1.807) is 5.01 Å². The largest absolute Gasteiger partial charge is 0.454 e. The molecule has 0 radical (unpaired) electrons. The van der Waals surface area contributed by atoms with Crippen molar-refractivity contribution in [3.8, 4) is 11.5 Å². The molecule has 4 rings (SSSR count). The van der Waals surface area contributed by atoms with Crippen molar-refractivity contribution in [3.63, 3.8) is 0 Å². The van der Waals surface area contributed by atoms with Crippen LogP contribution in [0.5, 0.6) is 11.5 Å². The number of nitrogens with one attached hydrogen (secondary N) is 1. The van der Waals surface area contributed by atoms with Gasteiger partial charge in [0, 0.05) is 23.2 Å². The molecule has 0 bridgehead atoms. The number of para-hydroxylation sites is 1. The molecular weight excluding hydrogens is 354 g/mol. The molecule has 1 N–H and O–H groups in total. The second-order valence-corrected chi connectivity index (χ2v) is 8.22. The van der Waals surface area contributed by atoms with Gasteiger partial charge in [0.25, 0.3) is 0 Å². The quantitative estimate of drug-likeness (QED) is 0.789. The molecule has 2 aliphatic rings. The van der Waals surface area contributed by atoms with Crippen LogP contribution in [0.3, 0.4) is 0 Å². The van der Waals surface area contributed by atoms with Gasteiger partial charge in [-0.15, -0.1) is 0 Å². The number of hydrazone groups is 1. The zero-order chi connectivity index (χ0) is 19.9. The van der Waals surface area contributed by atoms with Crippen LogP contribution >= 0.6 is 0 Å². The SMILES string of the molecule is Cc1ccccc1NC(=O)N1N=C(C(C)(C)C)CC1c1ccc2c(c1)OCO2. The van der Waals surface area contributed by atoms with Gasteiger partial charge in [0.05, 0.1) is 6.04 Å². The van der Waals surface area contributed by atoms with Crippen molar-refractivity contribution in [2.45, 2.75) is 40.2 Å². The van der Waals surface area contributed by atoms with Crippen molar-refractivity contribution in [2.24, 2.45) is 10.5 Å². The molecule has 0 fully saturated rings. The van der Waals surface area contributed by atoms with Crippen LogP contribution in [0, 0.1) is 12.3 Å². The van der Waals surface area contributed by atoms with E-state index < -0.39 is 0 Å². The summed E-state index contributed by atoms with van der Waals surface area (Å²) in [4.78, 5) is 13.1. The first-order valence-corrected chi connectivity index (χ1v) is 9.46. The highest BCUT2D eigenvalue weighted by Gasteiger charge is 2.37. The Hall–Kier alpha value is -3.02. The lowest BCUT2D eigenvalue weighted by atomic mass is 9.86. The molecule has 2 heterocycles. The number of fused-ring (bicyclic) bond motifs is 1. The van der Waals surface area contributed by atoms with Crippen molar-refractivity contribution in [2.75, 3.05) is 12.1 Å². The molecule has 2 aliphatic heterocycles. The number of amides is 2. The van der Waals surface area contributed by atoms with Crippen molar-refractivity contribution >= 4 is 17.4 Å². The van der Waals surface area contributed by atoms with E-state index in [1.807, 2.05) is 49.4 Å². The molecule has 0 saturated carbocycles. The Morgan fingerprint density at radius 2 is 1.89 bits per heavy atom. The lowest BCUT2D eigenvalue weighted by molar-refractivity contribution is 0.173. The third-order valence-corrected chi connectivity index (χ3v) is 5.15. The summed E-state index contributed by atoms with van der Waals surface area (Å²) in [5, 5.41) is 9.26. The van der Waals surface area contributed by atoms with E-state index in [4.69, 9.17) is 14.6 Å². The van der Waals surface area contributed by atoms with E-state index in [9.17, 15) is 4.79 Å². The van der Waals surface area contributed by atoms with Crippen LogP contribution in [0.4, 0.5) is 10.5 Å². The molecule has 2 amide bonds. The first-order chi connectivity index (χ1) is 13.3. The Labute approximate surface area is 165 Å². The fraction of sp³-hybridized carbons (Fsp3) is 0.364. The molecule has 0 saturated heterocycles. The molecule has 0 aromatic heterocycles. The molecule has 1 unspecified atom stereocenters. The van der Waals surface area contributed by atoms with E-state index in [1.165, 1.54) is 0 Å². The molecule has 0 spiro atoms. The first-order valence-electron chi connectivity index (χ1n) is 9.46. The number of carbonyl (C=O) groups excluding carboxylic acids is 1. The minimum atomic E-state index is -0.240. The van der Waals surface area contributed by atoms with E-state index in [2.05, 4.69) is 26.1 Å². The van der Waals surface area contributed by atoms with Gasteiger partial charge in [-0.05, 0) is 36.2 Å². The topological polar surface area (TPSA) is 63.2 Å². The highest BCUT2D eigenvalue weighted by atomic mass is 16.7. The molecule has 28 heavy (non-hydrogen) atoms. The van der Waals surface area contributed by atoms with Crippen LogP contribution in [0.1, 0.15) is 44.4 Å². The maximum atomic E-state index is 13.1. The molecule has 146 valence electrons. The number of nitrogens with zero attached hydrogens (tertiary/aromatic N) is 2. The second kappa shape index (κ2) is 6.86. The molecule has 1 atom stereocenters. The Morgan fingerprint density at radius 3 is 2.64 bits per heavy atom. The van der Waals surface area contributed by atoms with Crippen LogP contribution in [-0.2, 0) is 0 Å². The van der Waals surface area contributed by atoms with Gasteiger partial charge in [-0.2, -0.15) is 5.10 Å². The van der Waals surface area contributed by atoms with Crippen LogP contribution < -0.4 is 14.8 Å². The summed E-state index contributed by atoms with van der Waals surface area (Å²) >= 11 is 0. The Bertz CT molecular complexity index is 946. The minimum Gasteiger partial charge on any atom is -0.454 e. The average Bonchev–Trinajstić information content (AvgIpc) is 3.29. The van der Waals surface area contributed by atoms with Crippen LogP contribution in [0.2, 0.25) is 0 Å². The van der Waals surface area contributed by atoms with Gasteiger partial charge in [-0.3, -0.25) is 0 Å². The fourth-order valence-corrected chi connectivity index (χ4v) is 3.42. The predicted octanol–water partition coefficient (Wildman–Crippen LogP) is 5.10. The number of hydrogen-bond donors (Lipinski definition) is 1. The highest BCUT2D eigenvalue weighted by Crippen LogP contribution is 2.40. The monoisotopic (exact) mass is 379 g/mol. The normalized spacial score (nSPS) is 18.2. The molecule has 0 aliphatic carbocycles. The molecule has 2 aromatic rings. The van der Waals surface area contributed by atoms with Crippen molar-refractivity contribution in [3.05, 3.63) is 53.6 Å². The zero-order valence-corrected chi connectivity index (χ0v) is 16.7. The summed E-state index contributed by atoms with van der Waals surface area (Å²) in [6, 6.07) is 13.1. The predicted molar refractivity (Wildman–Crippen MR) is 109 cm³/mol. The van der Waals surface area contributed by atoms with Crippen LogP contribution in [0.15, 0.2) is 47.6 Å². The molecule has 6 nitrogen and oxygen atoms in total. The summed E-state index contributed by atoms with van der Waals surface area (Å²) in [7, 11) is 0. The van der Waals surface area contributed by atoms with Crippen LogP contribution in [0.25, 0.3) is 0 Å². The first kappa shape index (κ1) is 18.3. The third-order valence-electron chi connectivity index (χ3n) is 5.15. The van der Waals surface area contributed by atoms with Gasteiger partial charge < -0.3 is 14.8 Å². The molecule has 2 aromatic carbocycles. The maximum absolute atomic E-state index is 13.1. The lowest BCUT2D eigenvalue weighted by Crippen LogP contribution is -2.31. The smallest absolute Gasteiger partial charge is 0.342 e.